The maximum atomic E-state index is 13.5. The Kier molecular flexibility index (Phi) is 8.35. The van der Waals surface area contributed by atoms with Crippen LogP contribution >= 0.6 is 0 Å². The van der Waals surface area contributed by atoms with Crippen LogP contribution in [0.2, 0.25) is 0 Å². The van der Waals surface area contributed by atoms with E-state index in [1.165, 1.54) is 24.3 Å². The summed E-state index contributed by atoms with van der Waals surface area (Å²) in [6.07, 6.45) is 0.233. The van der Waals surface area contributed by atoms with Gasteiger partial charge in [0.15, 0.2) is 0 Å². The Morgan fingerprint density at radius 3 is 2.34 bits per heavy atom. The molecule has 2 aromatic carbocycles. The van der Waals surface area contributed by atoms with Crippen LogP contribution in [0.4, 0.5) is 20.6 Å². The van der Waals surface area contributed by atoms with E-state index in [9.17, 15) is 18.8 Å². The number of nitrogens with one attached hydrogen (secondary N) is 2. The lowest BCUT2D eigenvalue weighted by molar-refractivity contribution is -0.134. The van der Waals surface area contributed by atoms with Crippen molar-refractivity contribution < 1.29 is 33.0 Å². The Bertz CT molecular complexity index is 1180. The molecule has 2 N–H and O–H groups in total. The Morgan fingerprint density at radius 1 is 1.05 bits per heavy atom. The highest BCUT2D eigenvalue weighted by Gasteiger charge is 2.51. The van der Waals surface area contributed by atoms with Gasteiger partial charge in [0.1, 0.15) is 29.4 Å². The fourth-order valence-electron chi connectivity index (χ4n) is 4.72. The zero-order valence-corrected chi connectivity index (χ0v) is 21.8. The van der Waals surface area contributed by atoms with Gasteiger partial charge in [-0.2, -0.15) is 0 Å². The van der Waals surface area contributed by atoms with Crippen LogP contribution in [0.25, 0.3) is 0 Å². The number of carbonyl (C=O) groups excluding carboxylic acids is 3. The highest BCUT2D eigenvalue weighted by Crippen LogP contribution is 2.39. The van der Waals surface area contributed by atoms with Gasteiger partial charge in [0.25, 0.3) is 5.91 Å². The molecule has 0 aromatic heterocycles. The molecule has 4 amide bonds. The van der Waals surface area contributed by atoms with Gasteiger partial charge >= 0.3 is 6.03 Å². The lowest BCUT2D eigenvalue weighted by Gasteiger charge is -2.31. The molecule has 4 rings (SSSR count). The SMILES string of the molecule is CCOc1cc(N2CCOCC2)c(OCC)cc1NC(=O)CN1C(=O)NC(CC)(c2ccc(F)cc2)C1=O. The van der Waals surface area contributed by atoms with Gasteiger partial charge in [-0.15, -0.1) is 0 Å². The summed E-state index contributed by atoms with van der Waals surface area (Å²) in [5.74, 6) is -0.595. The van der Waals surface area contributed by atoms with Crippen molar-refractivity contribution in [2.45, 2.75) is 32.7 Å². The van der Waals surface area contributed by atoms with Crippen LogP contribution in [0.1, 0.15) is 32.8 Å². The zero-order chi connectivity index (χ0) is 27.3. The maximum Gasteiger partial charge on any atom is 0.325 e. The number of halogens is 1. The molecule has 2 fully saturated rings. The van der Waals surface area contributed by atoms with Crippen LogP contribution in [0, 0.1) is 5.82 Å². The third-order valence-corrected chi connectivity index (χ3v) is 6.63. The molecular weight excluding hydrogens is 495 g/mol. The number of urea groups is 1. The van der Waals surface area contributed by atoms with Gasteiger partial charge in [0.2, 0.25) is 5.91 Å². The normalized spacial score (nSPS) is 19.4. The highest BCUT2D eigenvalue weighted by atomic mass is 19.1. The molecule has 1 unspecified atom stereocenters. The van der Waals surface area contributed by atoms with Gasteiger partial charge in [0, 0.05) is 25.2 Å². The minimum Gasteiger partial charge on any atom is -0.492 e. The van der Waals surface area contributed by atoms with E-state index in [2.05, 4.69) is 15.5 Å². The van der Waals surface area contributed by atoms with E-state index in [1.807, 2.05) is 19.9 Å². The van der Waals surface area contributed by atoms with E-state index in [1.54, 1.807) is 13.0 Å². The number of hydrogen-bond acceptors (Lipinski definition) is 7. The van der Waals surface area contributed by atoms with Crippen LogP contribution in [0.5, 0.6) is 11.5 Å². The van der Waals surface area contributed by atoms with Crippen molar-refractivity contribution in [2.24, 2.45) is 0 Å². The standard InChI is InChI=1S/C27H33FN4O6/c1-4-27(18-7-9-19(28)10-8-18)25(34)32(26(35)30-27)17-24(33)29-20-15-23(38-6-3)21(16-22(20)37-5-2)31-11-13-36-14-12-31/h7-10,15-16H,4-6,11-14,17H2,1-3H3,(H,29,33)(H,30,35). The zero-order valence-electron chi connectivity index (χ0n) is 21.8. The number of nitrogens with zero attached hydrogens (tertiary/aromatic N) is 2. The summed E-state index contributed by atoms with van der Waals surface area (Å²) >= 11 is 0. The summed E-state index contributed by atoms with van der Waals surface area (Å²) in [5, 5.41) is 5.47. The Balaban J connectivity index is 1.56. The molecular formula is C27H33FN4O6. The third kappa shape index (κ3) is 5.38. The number of hydrogen-bond donors (Lipinski definition) is 2. The predicted octanol–water partition coefficient (Wildman–Crippen LogP) is 3.26. The fraction of sp³-hybridized carbons (Fsp3) is 0.444. The molecule has 204 valence electrons. The first-order valence-electron chi connectivity index (χ1n) is 12.8. The molecule has 0 radical (unpaired) electrons. The van der Waals surface area contributed by atoms with Gasteiger partial charge in [-0.25, -0.2) is 9.18 Å². The maximum absolute atomic E-state index is 13.5. The van der Waals surface area contributed by atoms with E-state index < -0.39 is 35.7 Å². The Morgan fingerprint density at radius 2 is 1.71 bits per heavy atom. The van der Waals surface area contributed by atoms with Crippen molar-refractivity contribution in [3.8, 4) is 11.5 Å². The Hall–Kier alpha value is -3.86. The minimum absolute atomic E-state index is 0.233. The topological polar surface area (TPSA) is 109 Å². The second kappa shape index (κ2) is 11.7. The summed E-state index contributed by atoms with van der Waals surface area (Å²) in [4.78, 5) is 42.3. The second-order valence-corrected chi connectivity index (χ2v) is 8.92. The fourth-order valence-corrected chi connectivity index (χ4v) is 4.72. The quantitative estimate of drug-likeness (QED) is 0.456. The molecule has 2 aliphatic heterocycles. The van der Waals surface area contributed by atoms with E-state index in [0.717, 1.165) is 10.6 Å². The monoisotopic (exact) mass is 528 g/mol. The Labute approximate surface area is 221 Å². The van der Waals surface area contributed by atoms with Crippen LogP contribution in [-0.2, 0) is 19.9 Å². The van der Waals surface area contributed by atoms with Crippen molar-refractivity contribution in [1.82, 2.24) is 10.2 Å². The van der Waals surface area contributed by atoms with Crippen molar-refractivity contribution in [3.05, 3.63) is 47.8 Å². The summed E-state index contributed by atoms with van der Waals surface area (Å²) in [5.41, 5.74) is 0.271. The number of rotatable bonds is 10. The number of amides is 4. The molecule has 0 spiro atoms. The second-order valence-electron chi connectivity index (χ2n) is 8.92. The van der Waals surface area contributed by atoms with Crippen molar-refractivity contribution in [1.29, 1.82) is 0 Å². The van der Waals surface area contributed by atoms with Gasteiger partial charge < -0.3 is 29.7 Å². The number of benzene rings is 2. The van der Waals surface area contributed by atoms with Gasteiger partial charge in [-0.1, -0.05) is 19.1 Å². The lowest BCUT2D eigenvalue weighted by atomic mass is 9.87. The van der Waals surface area contributed by atoms with Gasteiger partial charge in [0.05, 0.1) is 37.8 Å². The molecule has 2 heterocycles. The summed E-state index contributed by atoms with van der Waals surface area (Å²) in [6, 6.07) is 8.19. The molecule has 0 bridgehead atoms. The first-order chi connectivity index (χ1) is 18.3. The third-order valence-electron chi connectivity index (χ3n) is 6.63. The molecule has 38 heavy (non-hydrogen) atoms. The largest absolute Gasteiger partial charge is 0.492 e. The van der Waals surface area contributed by atoms with E-state index in [4.69, 9.17) is 14.2 Å². The number of morpholine rings is 1. The van der Waals surface area contributed by atoms with Gasteiger partial charge in [-0.05, 0) is 38.0 Å². The van der Waals surface area contributed by atoms with Crippen molar-refractivity contribution in [3.63, 3.8) is 0 Å². The predicted molar refractivity (Wildman–Crippen MR) is 139 cm³/mol. The average Bonchev–Trinajstić information content (AvgIpc) is 3.16. The first kappa shape index (κ1) is 27.2. The first-order valence-corrected chi connectivity index (χ1v) is 12.8. The van der Waals surface area contributed by atoms with Crippen LogP contribution in [-0.4, -0.2) is 68.8 Å². The molecule has 10 nitrogen and oxygen atoms in total. The molecule has 0 saturated carbocycles. The molecule has 2 saturated heterocycles. The molecule has 11 heteroatoms. The highest BCUT2D eigenvalue weighted by molar-refractivity contribution is 6.10. The molecule has 2 aliphatic rings. The minimum atomic E-state index is -1.37. The number of carbonyl (C=O) groups is 3. The molecule has 1 atom stereocenters. The number of anilines is 2. The van der Waals surface area contributed by atoms with E-state index in [0.29, 0.717) is 62.3 Å². The van der Waals surface area contributed by atoms with E-state index >= 15 is 0 Å². The summed E-state index contributed by atoms with van der Waals surface area (Å²) in [6.45, 7) is 8.30. The summed E-state index contributed by atoms with van der Waals surface area (Å²) < 4.78 is 30.6. The van der Waals surface area contributed by atoms with Gasteiger partial charge in [-0.3, -0.25) is 14.5 Å². The van der Waals surface area contributed by atoms with Crippen molar-refractivity contribution >= 4 is 29.2 Å². The van der Waals surface area contributed by atoms with Crippen LogP contribution in [0.15, 0.2) is 36.4 Å². The average molecular weight is 529 g/mol. The number of imide groups is 1. The number of ether oxygens (including phenoxy) is 3. The van der Waals surface area contributed by atoms with Crippen molar-refractivity contribution in [2.75, 3.05) is 56.3 Å². The molecule has 0 aliphatic carbocycles. The van der Waals surface area contributed by atoms with E-state index in [-0.39, 0.29) is 6.42 Å². The summed E-state index contributed by atoms with van der Waals surface area (Å²) in [7, 11) is 0. The molecule has 2 aromatic rings. The van der Waals surface area contributed by atoms with Crippen LogP contribution < -0.4 is 25.0 Å². The smallest absolute Gasteiger partial charge is 0.325 e. The van der Waals surface area contributed by atoms with Crippen LogP contribution in [0.3, 0.4) is 0 Å². The lowest BCUT2D eigenvalue weighted by Crippen LogP contribution is -2.44.